The van der Waals surface area contributed by atoms with Crippen molar-refractivity contribution in [3.05, 3.63) is 34.2 Å². The number of hydrogen-bond acceptors (Lipinski definition) is 11. The molecule has 1 aromatic carbocycles. The van der Waals surface area contributed by atoms with E-state index >= 15 is 0 Å². The van der Waals surface area contributed by atoms with Crippen LogP contribution >= 0.6 is 11.3 Å². The van der Waals surface area contributed by atoms with Crippen LogP contribution < -0.4 is 14.8 Å². The summed E-state index contributed by atoms with van der Waals surface area (Å²) in [6.07, 6.45) is 4.47. The number of aryl methyl sites for hydroxylation is 1. The molecule has 0 unspecified atom stereocenters. The number of ether oxygens (including phenoxy) is 3. The number of hydrogen-bond donors (Lipinski definition) is 1. The Morgan fingerprint density at radius 2 is 1.86 bits per heavy atom. The summed E-state index contributed by atoms with van der Waals surface area (Å²) in [5.74, 6) is -1.31. The van der Waals surface area contributed by atoms with Crippen LogP contribution in [0.4, 0.5) is 5.00 Å². The Morgan fingerprint density at radius 1 is 1.08 bits per heavy atom. The molecule has 36 heavy (non-hydrogen) atoms. The Bertz CT molecular complexity index is 1430. The van der Waals surface area contributed by atoms with Gasteiger partial charge in [-0.2, -0.15) is 0 Å². The molecule has 1 aliphatic heterocycles. The molecule has 5 rings (SSSR count). The van der Waals surface area contributed by atoms with Crippen LogP contribution in [-0.2, 0) is 32.2 Å². The number of sulfone groups is 1. The summed E-state index contributed by atoms with van der Waals surface area (Å²) in [6.45, 7) is 0.826. The lowest BCUT2D eigenvalue weighted by Gasteiger charge is -2.18. The van der Waals surface area contributed by atoms with E-state index in [1.54, 1.807) is 18.2 Å². The Labute approximate surface area is 210 Å². The van der Waals surface area contributed by atoms with E-state index in [2.05, 4.69) is 15.5 Å². The Kier molecular flexibility index (Phi) is 6.67. The molecule has 1 amide bonds. The van der Waals surface area contributed by atoms with Crippen molar-refractivity contribution in [1.29, 1.82) is 0 Å². The van der Waals surface area contributed by atoms with Gasteiger partial charge in [0, 0.05) is 10.4 Å². The van der Waals surface area contributed by atoms with E-state index in [1.807, 2.05) is 0 Å². The highest BCUT2D eigenvalue weighted by Crippen LogP contribution is 2.38. The number of aromatic nitrogens is 2. The van der Waals surface area contributed by atoms with E-state index in [0.29, 0.717) is 42.3 Å². The minimum Gasteiger partial charge on any atom is -0.486 e. The monoisotopic (exact) mass is 533 g/mol. The van der Waals surface area contributed by atoms with E-state index in [-0.39, 0.29) is 10.9 Å². The summed E-state index contributed by atoms with van der Waals surface area (Å²) in [5.41, 5.74) is 1.60. The summed E-state index contributed by atoms with van der Waals surface area (Å²) in [5, 5.41) is 9.63. The molecule has 0 radical (unpaired) electrons. The van der Waals surface area contributed by atoms with E-state index in [9.17, 15) is 18.0 Å². The molecule has 0 atom stereocenters. The van der Waals surface area contributed by atoms with Gasteiger partial charge in [0.05, 0.1) is 12.7 Å². The zero-order valence-corrected chi connectivity index (χ0v) is 21.0. The van der Waals surface area contributed by atoms with Crippen LogP contribution in [-0.4, -0.2) is 56.6 Å². The fraction of sp³-hybridized carbons (Fsp3) is 0.391. The van der Waals surface area contributed by atoms with Gasteiger partial charge in [0.15, 0.2) is 11.5 Å². The first-order valence-corrected chi connectivity index (χ1v) is 13.8. The van der Waals surface area contributed by atoms with Crippen molar-refractivity contribution in [3.63, 3.8) is 0 Å². The third kappa shape index (κ3) is 4.80. The third-order valence-corrected chi connectivity index (χ3v) is 8.39. The van der Waals surface area contributed by atoms with Gasteiger partial charge in [-0.25, -0.2) is 13.2 Å². The van der Waals surface area contributed by atoms with Crippen molar-refractivity contribution in [2.45, 2.75) is 37.3 Å². The second-order valence-corrected chi connectivity index (χ2v) is 11.3. The summed E-state index contributed by atoms with van der Waals surface area (Å²) >= 11 is 1.28. The maximum Gasteiger partial charge on any atom is 0.341 e. The van der Waals surface area contributed by atoms with Crippen LogP contribution in [0.3, 0.4) is 0 Å². The van der Waals surface area contributed by atoms with Crippen LogP contribution in [0.25, 0.3) is 11.5 Å². The van der Waals surface area contributed by atoms with Crippen molar-refractivity contribution in [1.82, 2.24) is 10.2 Å². The lowest BCUT2D eigenvalue weighted by molar-refractivity contribution is -0.113. The second-order valence-electron chi connectivity index (χ2n) is 8.30. The number of rotatable bonds is 6. The number of benzene rings is 1. The minimum absolute atomic E-state index is 0.0408. The van der Waals surface area contributed by atoms with Gasteiger partial charge in [-0.15, -0.1) is 16.4 Å². The quantitative estimate of drug-likeness (QED) is 0.370. The first kappa shape index (κ1) is 24.3. The molecule has 11 nitrogen and oxygen atoms in total. The predicted octanol–water partition coefficient (Wildman–Crippen LogP) is 3.04. The summed E-state index contributed by atoms with van der Waals surface area (Å²) in [4.78, 5) is 26.2. The topological polar surface area (TPSA) is 147 Å². The fourth-order valence-electron chi connectivity index (χ4n) is 4.17. The highest BCUT2D eigenvalue weighted by Gasteiger charge is 2.30. The normalized spacial score (nSPS) is 15.0. The van der Waals surface area contributed by atoms with Gasteiger partial charge in [-0.3, -0.25) is 4.79 Å². The number of nitrogens with one attached hydrogen (secondary N) is 1. The van der Waals surface area contributed by atoms with Gasteiger partial charge in [0.1, 0.15) is 24.0 Å². The number of methoxy groups -OCH3 is 1. The SMILES string of the molecule is COC(=O)c1c(NC(=O)CS(=O)(=O)c2nnc(-c3ccc4c(c3)OCCO4)o2)sc2c1CCCCC2. The van der Waals surface area contributed by atoms with Crippen molar-refractivity contribution >= 4 is 38.1 Å². The highest BCUT2D eigenvalue weighted by atomic mass is 32.2. The van der Waals surface area contributed by atoms with Gasteiger partial charge in [0.25, 0.3) is 0 Å². The summed E-state index contributed by atoms with van der Waals surface area (Å²) in [6, 6.07) is 4.91. The second kappa shape index (κ2) is 9.90. The largest absolute Gasteiger partial charge is 0.486 e. The van der Waals surface area contributed by atoms with E-state index in [1.165, 1.54) is 18.4 Å². The minimum atomic E-state index is -4.25. The molecule has 0 bridgehead atoms. The maximum atomic E-state index is 12.8. The van der Waals surface area contributed by atoms with Gasteiger partial charge in [-0.05, 0) is 49.4 Å². The van der Waals surface area contributed by atoms with Crippen molar-refractivity contribution in [2.24, 2.45) is 0 Å². The van der Waals surface area contributed by atoms with Gasteiger partial charge >= 0.3 is 11.2 Å². The van der Waals surface area contributed by atoms with Crippen molar-refractivity contribution in [2.75, 3.05) is 31.4 Å². The molecule has 13 heteroatoms. The number of esters is 1. The Balaban J connectivity index is 1.33. The van der Waals surface area contributed by atoms with Crippen LogP contribution in [0.5, 0.6) is 11.5 Å². The number of carbonyl (C=O) groups excluding carboxylic acids is 2. The van der Waals surface area contributed by atoms with Crippen LogP contribution in [0.1, 0.15) is 40.1 Å². The first-order valence-electron chi connectivity index (χ1n) is 11.3. The third-order valence-electron chi connectivity index (χ3n) is 5.85. The first-order chi connectivity index (χ1) is 17.4. The van der Waals surface area contributed by atoms with Gasteiger partial charge in [0.2, 0.25) is 21.6 Å². The van der Waals surface area contributed by atoms with E-state index < -0.39 is 32.7 Å². The molecule has 1 aliphatic carbocycles. The molecule has 2 aliphatic rings. The lowest BCUT2D eigenvalue weighted by Crippen LogP contribution is -2.24. The predicted molar refractivity (Wildman–Crippen MR) is 128 cm³/mol. The standard InChI is InChI=1S/C23H23N3O8S2/c1-31-22(28)19-14-5-3-2-4-6-17(14)35-21(19)24-18(27)12-36(29,30)23-26-25-20(34-23)13-7-8-15-16(11-13)33-10-9-32-15/h7-8,11H,2-6,9-10,12H2,1H3,(H,24,27). The number of amides is 1. The van der Waals surface area contributed by atoms with Gasteiger partial charge in [-0.1, -0.05) is 11.5 Å². The number of thiophene rings is 1. The molecule has 0 saturated carbocycles. The molecule has 190 valence electrons. The molecule has 2 aromatic heterocycles. The molecular formula is C23H23N3O8S2. The van der Waals surface area contributed by atoms with Crippen molar-refractivity contribution < 1.29 is 36.6 Å². The average molecular weight is 534 g/mol. The molecule has 1 N–H and O–H groups in total. The zero-order valence-electron chi connectivity index (χ0n) is 19.4. The summed E-state index contributed by atoms with van der Waals surface area (Å²) in [7, 11) is -2.98. The average Bonchev–Trinajstić information content (AvgIpc) is 3.43. The molecule has 0 spiro atoms. The molecule has 0 fully saturated rings. The number of nitrogens with zero attached hydrogens (tertiary/aromatic N) is 2. The fourth-order valence-corrected chi connectivity index (χ4v) is 6.38. The smallest absolute Gasteiger partial charge is 0.341 e. The van der Waals surface area contributed by atoms with Crippen LogP contribution in [0.15, 0.2) is 27.8 Å². The van der Waals surface area contributed by atoms with Gasteiger partial charge < -0.3 is 23.9 Å². The molecule has 3 aromatic rings. The maximum absolute atomic E-state index is 12.8. The van der Waals surface area contributed by atoms with E-state index in [4.69, 9.17) is 18.6 Å². The van der Waals surface area contributed by atoms with Crippen molar-refractivity contribution in [3.8, 4) is 23.0 Å². The van der Waals surface area contributed by atoms with Crippen LogP contribution in [0, 0.1) is 0 Å². The zero-order chi connectivity index (χ0) is 25.3. The lowest BCUT2D eigenvalue weighted by atomic mass is 10.1. The molecule has 0 saturated heterocycles. The summed E-state index contributed by atoms with van der Waals surface area (Å²) < 4.78 is 47.0. The Morgan fingerprint density at radius 3 is 2.67 bits per heavy atom. The van der Waals surface area contributed by atoms with Crippen LogP contribution in [0.2, 0.25) is 0 Å². The Hall–Kier alpha value is -3.45. The van der Waals surface area contributed by atoms with E-state index in [0.717, 1.165) is 36.1 Å². The number of carbonyl (C=O) groups is 2. The highest BCUT2D eigenvalue weighted by molar-refractivity contribution is 7.91. The molecule has 3 heterocycles. The molecular weight excluding hydrogens is 510 g/mol. The number of fused-ring (bicyclic) bond motifs is 2. The number of anilines is 1.